The summed E-state index contributed by atoms with van der Waals surface area (Å²) in [7, 11) is 2.16. The van der Waals surface area contributed by atoms with Gasteiger partial charge >= 0.3 is 0 Å². The Balaban J connectivity index is 1.97. The van der Waals surface area contributed by atoms with E-state index in [1.54, 1.807) is 0 Å². The Hall–Kier alpha value is -1.07. The molecule has 1 saturated heterocycles. The fourth-order valence-corrected chi connectivity index (χ4v) is 3.24. The average molecular weight is 309 g/mol. The van der Waals surface area contributed by atoms with Crippen molar-refractivity contribution in [1.82, 2.24) is 4.90 Å². The van der Waals surface area contributed by atoms with E-state index in [-0.39, 0.29) is 5.54 Å². The molecule has 2 aliphatic rings. The van der Waals surface area contributed by atoms with Gasteiger partial charge in [-0.1, -0.05) is 15.9 Å². The van der Waals surface area contributed by atoms with Gasteiger partial charge in [0.2, 0.25) is 0 Å². The zero-order valence-electron chi connectivity index (χ0n) is 10.4. The van der Waals surface area contributed by atoms with E-state index in [1.807, 2.05) is 12.1 Å². The molecule has 0 aromatic heterocycles. The lowest BCUT2D eigenvalue weighted by Gasteiger charge is -2.35. The fourth-order valence-electron chi connectivity index (χ4n) is 2.98. The van der Waals surface area contributed by atoms with E-state index in [0.29, 0.717) is 5.96 Å². The van der Waals surface area contributed by atoms with Crippen molar-refractivity contribution in [2.24, 2.45) is 10.7 Å². The van der Waals surface area contributed by atoms with Crippen LogP contribution in [0.3, 0.4) is 0 Å². The number of hydrogen-bond acceptors (Lipinski definition) is 4. The number of rotatable bonds is 1. The van der Waals surface area contributed by atoms with Crippen molar-refractivity contribution < 1.29 is 0 Å². The Morgan fingerprint density at radius 1 is 1.33 bits per heavy atom. The van der Waals surface area contributed by atoms with Crippen LogP contribution in [-0.4, -0.2) is 43.1 Å². The number of guanidine groups is 1. The highest BCUT2D eigenvalue weighted by Crippen LogP contribution is 2.35. The molecule has 0 aliphatic carbocycles. The third kappa shape index (κ3) is 1.82. The third-order valence-corrected chi connectivity index (χ3v) is 4.38. The van der Waals surface area contributed by atoms with Crippen LogP contribution in [0.2, 0.25) is 0 Å². The smallest absolute Gasteiger partial charge is 0.196 e. The van der Waals surface area contributed by atoms with Gasteiger partial charge in [-0.2, -0.15) is 0 Å². The highest BCUT2D eigenvalue weighted by Gasteiger charge is 2.46. The number of anilines is 1. The quantitative estimate of drug-likeness (QED) is 0.858. The Bertz CT molecular complexity index is 484. The first-order chi connectivity index (χ1) is 8.61. The molecule has 2 heterocycles. The normalized spacial score (nSPS) is 28.1. The number of likely N-dealkylation sites (tertiary alicyclic amines) is 1. The van der Waals surface area contributed by atoms with Crippen LogP contribution in [0, 0.1) is 0 Å². The van der Waals surface area contributed by atoms with E-state index in [9.17, 15) is 0 Å². The van der Waals surface area contributed by atoms with Gasteiger partial charge in [-0.25, -0.2) is 0 Å². The SMILES string of the molecule is CN1CCC2(CN=C(N)N2c2ccc(Br)cc2)C1. The van der Waals surface area contributed by atoms with Crippen molar-refractivity contribution in [3.63, 3.8) is 0 Å². The molecule has 1 fully saturated rings. The molecule has 1 unspecified atom stereocenters. The van der Waals surface area contributed by atoms with Gasteiger partial charge in [-0.15, -0.1) is 0 Å². The van der Waals surface area contributed by atoms with Gasteiger partial charge < -0.3 is 15.5 Å². The van der Waals surface area contributed by atoms with Gasteiger partial charge in [0.05, 0.1) is 12.1 Å². The van der Waals surface area contributed by atoms with Crippen LogP contribution in [0.5, 0.6) is 0 Å². The highest BCUT2D eigenvalue weighted by molar-refractivity contribution is 9.10. The number of nitrogens with two attached hydrogens (primary N) is 1. The van der Waals surface area contributed by atoms with Crippen LogP contribution in [0.4, 0.5) is 5.69 Å². The number of hydrogen-bond donors (Lipinski definition) is 1. The molecule has 2 aliphatic heterocycles. The summed E-state index contributed by atoms with van der Waals surface area (Å²) in [6.07, 6.45) is 1.11. The minimum absolute atomic E-state index is 0.0622. The first-order valence-corrected chi connectivity index (χ1v) is 6.94. The van der Waals surface area contributed by atoms with E-state index < -0.39 is 0 Å². The second-order valence-corrected chi connectivity index (χ2v) is 6.11. The summed E-state index contributed by atoms with van der Waals surface area (Å²) >= 11 is 3.47. The Labute approximate surface area is 116 Å². The summed E-state index contributed by atoms with van der Waals surface area (Å²) in [5.41, 5.74) is 7.29. The van der Waals surface area contributed by atoms with Crippen molar-refractivity contribution in [2.45, 2.75) is 12.0 Å². The molecule has 4 nitrogen and oxygen atoms in total. The Morgan fingerprint density at radius 3 is 2.67 bits per heavy atom. The molecular weight excluding hydrogens is 292 g/mol. The zero-order chi connectivity index (χ0) is 12.8. The Morgan fingerprint density at radius 2 is 2.06 bits per heavy atom. The molecule has 1 spiro atoms. The second kappa shape index (κ2) is 4.24. The lowest BCUT2D eigenvalue weighted by atomic mass is 9.97. The third-order valence-electron chi connectivity index (χ3n) is 3.85. The molecular formula is C13H17BrN4. The van der Waals surface area contributed by atoms with Crippen LogP contribution in [0.25, 0.3) is 0 Å². The number of benzene rings is 1. The molecule has 1 aromatic carbocycles. The predicted octanol–water partition coefficient (Wildman–Crippen LogP) is 1.66. The molecule has 2 N–H and O–H groups in total. The van der Waals surface area contributed by atoms with Crippen LogP contribution < -0.4 is 10.6 Å². The topological polar surface area (TPSA) is 44.9 Å². The number of nitrogens with zero attached hydrogens (tertiary/aromatic N) is 3. The van der Waals surface area contributed by atoms with Crippen molar-refractivity contribution in [2.75, 3.05) is 31.6 Å². The largest absolute Gasteiger partial charge is 0.369 e. The molecule has 0 amide bonds. The van der Waals surface area contributed by atoms with Gasteiger partial charge in [0, 0.05) is 23.2 Å². The standard InChI is InChI=1S/C13H17BrN4/c1-17-7-6-13(9-17)8-16-12(15)18(13)11-4-2-10(14)3-5-11/h2-5H,6-9H2,1H3,(H2,15,16). The molecule has 96 valence electrons. The van der Waals surface area contributed by atoms with Crippen molar-refractivity contribution in [1.29, 1.82) is 0 Å². The summed E-state index contributed by atoms with van der Waals surface area (Å²) in [5, 5.41) is 0. The maximum absolute atomic E-state index is 6.09. The monoisotopic (exact) mass is 308 g/mol. The fraction of sp³-hybridized carbons (Fsp3) is 0.462. The van der Waals surface area contributed by atoms with Crippen LogP contribution in [0.1, 0.15) is 6.42 Å². The average Bonchev–Trinajstić information content (AvgIpc) is 2.86. The number of halogens is 1. The van der Waals surface area contributed by atoms with Crippen molar-refractivity contribution in [3.8, 4) is 0 Å². The molecule has 0 saturated carbocycles. The minimum atomic E-state index is 0.0622. The molecule has 5 heteroatoms. The lowest BCUT2D eigenvalue weighted by Crippen LogP contribution is -2.53. The maximum atomic E-state index is 6.09. The highest BCUT2D eigenvalue weighted by atomic mass is 79.9. The minimum Gasteiger partial charge on any atom is -0.369 e. The number of likely N-dealkylation sites (N-methyl/N-ethyl adjacent to an activating group) is 1. The Kier molecular flexibility index (Phi) is 2.83. The van der Waals surface area contributed by atoms with Crippen molar-refractivity contribution in [3.05, 3.63) is 28.7 Å². The summed E-state index contributed by atoms with van der Waals surface area (Å²) in [6, 6.07) is 8.29. The first kappa shape index (κ1) is 12.0. The molecule has 1 atom stereocenters. The zero-order valence-corrected chi connectivity index (χ0v) is 12.0. The van der Waals surface area contributed by atoms with Gasteiger partial charge in [-0.05, 0) is 37.7 Å². The van der Waals surface area contributed by atoms with Crippen LogP contribution in [0.15, 0.2) is 33.7 Å². The van der Waals surface area contributed by atoms with E-state index in [0.717, 1.165) is 36.2 Å². The summed E-state index contributed by atoms with van der Waals surface area (Å²) in [5.74, 6) is 0.646. The predicted molar refractivity (Wildman–Crippen MR) is 78.0 cm³/mol. The summed E-state index contributed by atoms with van der Waals surface area (Å²) in [4.78, 5) is 9.03. The lowest BCUT2D eigenvalue weighted by molar-refractivity contribution is 0.379. The van der Waals surface area contributed by atoms with Gasteiger partial charge in [0.25, 0.3) is 0 Å². The van der Waals surface area contributed by atoms with Crippen LogP contribution in [-0.2, 0) is 0 Å². The molecule has 18 heavy (non-hydrogen) atoms. The van der Waals surface area contributed by atoms with E-state index >= 15 is 0 Å². The van der Waals surface area contributed by atoms with Gasteiger partial charge in [0.15, 0.2) is 5.96 Å². The maximum Gasteiger partial charge on any atom is 0.196 e. The second-order valence-electron chi connectivity index (χ2n) is 5.20. The van der Waals surface area contributed by atoms with E-state index in [2.05, 4.69) is 49.9 Å². The van der Waals surface area contributed by atoms with Crippen molar-refractivity contribution >= 4 is 27.6 Å². The van der Waals surface area contributed by atoms with Crippen LogP contribution >= 0.6 is 15.9 Å². The molecule has 0 radical (unpaired) electrons. The van der Waals surface area contributed by atoms with E-state index in [4.69, 9.17) is 5.73 Å². The molecule has 3 rings (SSSR count). The summed E-state index contributed by atoms with van der Waals surface area (Å²) in [6.45, 7) is 2.93. The number of aliphatic imine (C=N–C) groups is 1. The van der Waals surface area contributed by atoms with Gasteiger partial charge in [0.1, 0.15) is 0 Å². The molecule has 0 bridgehead atoms. The van der Waals surface area contributed by atoms with Gasteiger partial charge in [-0.3, -0.25) is 4.99 Å². The van der Waals surface area contributed by atoms with E-state index in [1.165, 1.54) is 0 Å². The molecule has 1 aromatic rings. The summed E-state index contributed by atoms with van der Waals surface area (Å²) < 4.78 is 1.08. The first-order valence-electron chi connectivity index (χ1n) is 6.15.